The monoisotopic (exact) mass is 215 g/mol. The van der Waals surface area contributed by atoms with Gasteiger partial charge in [0.05, 0.1) is 0 Å². The van der Waals surface area contributed by atoms with Gasteiger partial charge in [0.25, 0.3) is 0 Å². The summed E-state index contributed by atoms with van der Waals surface area (Å²) in [6.07, 6.45) is 10.3. The van der Waals surface area contributed by atoms with E-state index in [4.69, 9.17) is 0 Å². The quantitative estimate of drug-likeness (QED) is 0.494. The average molecular weight is 215 g/mol. The molecular weight excluding hydrogens is 198 g/mol. The third-order valence-electron chi connectivity index (χ3n) is 2.10. The van der Waals surface area contributed by atoms with E-state index in [1.807, 2.05) is 0 Å². The average Bonchev–Trinajstić information content (AvgIpc) is 2.27. The molecule has 5 nitrogen and oxygen atoms in total. The van der Waals surface area contributed by atoms with Gasteiger partial charge in [-0.2, -0.15) is 5.48 Å². The minimum atomic E-state index is 0.731. The van der Waals surface area contributed by atoms with Crippen LogP contribution in [0.4, 0.5) is 0 Å². The molecule has 86 valence electrons. The van der Waals surface area contributed by atoms with Crippen molar-refractivity contribution < 1.29 is 20.0 Å². The van der Waals surface area contributed by atoms with Crippen molar-refractivity contribution in [2.45, 2.75) is 44.9 Å². The second-order valence-corrected chi connectivity index (χ2v) is 3.35. The molecular formula is C10H17NO4. The first kappa shape index (κ1) is 12.3. The molecule has 0 amide bonds. The largest absolute Gasteiger partial charge is 0.250 e. The Kier molecular flexibility index (Phi) is 7.97. The summed E-state index contributed by atoms with van der Waals surface area (Å²) >= 11 is 0. The van der Waals surface area contributed by atoms with Crippen LogP contribution in [0.1, 0.15) is 44.9 Å². The fourth-order valence-electron chi connectivity index (χ4n) is 1.31. The lowest BCUT2D eigenvalue weighted by atomic mass is 10.1. The van der Waals surface area contributed by atoms with Crippen LogP contribution in [-0.2, 0) is 20.0 Å². The Balaban J connectivity index is 2.10. The molecule has 1 aliphatic heterocycles. The second kappa shape index (κ2) is 9.74. The van der Waals surface area contributed by atoms with Crippen LogP contribution < -0.4 is 5.48 Å². The van der Waals surface area contributed by atoms with Gasteiger partial charge in [-0.15, -0.1) is 4.99 Å². The van der Waals surface area contributed by atoms with E-state index in [1.54, 1.807) is 0 Å². The number of rotatable bonds is 0. The number of hydrogen-bond acceptors (Lipinski definition) is 5. The van der Waals surface area contributed by atoms with Gasteiger partial charge in [-0.05, 0) is 17.9 Å². The molecule has 0 aromatic carbocycles. The van der Waals surface area contributed by atoms with Crippen LogP contribution in [0.3, 0.4) is 0 Å². The fraction of sp³-hybridized carbons (Fsp3) is 0.800. The van der Waals surface area contributed by atoms with Crippen molar-refractivity contribution in [3.8, 4) is 12.0 Å². The lowest BCUT2D eigenvalue weighted by Gasteiger charge is -2.01. The van der Waals surface area contributed by atoms with Crippen LogP contribution in [0.25, 0.3) is 0 Å². The van der Waals surface area contributed by atoms with E-state index >= 15 is 0 Å². The topological polar surface area (TPSA) is 49.0 Å². The zero-order valence-electron chi connectivity index (χ0n) is 8.79. The molecule has 0 aliphatic carbocycles. The molecule has 1 heterocycles. The second-order valence-electron chi connectivity index (χ2n) is 3.35. The molecule has 5 heteroatoms. The molecule has 0 atom stereocenters. The zero-order valence-corrected chi connectivity index (χ0v) is 8.79. The zero-order chi connectivity index (χ0) is 10.6. The predicted octanol–water partition coefficient (Wildman–Crippen LogP) is 2.01. The van der Waals surface area contributed by atoms with Gasteiger partial charge in [-0.3, -0.25) is 4.89 Å². The summed E-state index contributed by atoms with van der Waals surface area (Å²) in [6.45, 7) is 0.731. The minimum Gasteiger partial charge on any atom is -0.250 e. The molecule has 15 heavy (non-hydrogen) atoms. The first-order chi connectivity index (χ1) is 7.50. The Hall–Kier alpha value is -0.800. The highest BCUT2D eigenvalue weighted by Gasteiger charge is 1.93. The molecule has 0 fully saturated rings. The highest BCUT2D eigenvalue weighted by Crippen LogP contribution is 2.06. The Morgan fingerprint density at radius 1 is 0.867 bits per heavy atom. The van der Waals surface area contributed by atoms with Crippen LogP contribution in [0.2, 0.25) is 0 Å². The molecule has 1 aliphatic rings. The molecule has 0 aromatic heterocycles. The van der Waals surface area contributed by atoms with E-state index < -0.39 is 0 Å². The Bertz CT molecular complexity index is 181. The van der Waals surface area contributed by atoms with Gasteiger partial charge >= 0.3 is 0 Å². The number of hydroxylamine groups is 1. The van der Waals surface area contributed by atoms with Gasteiger partial charge in [-0.1, -0.05) is 31.6 Å². The maximum atomic E-state index is 4.44. The third-order valence-corrected chi connectivity index (χ3v) is 2.10. The molecule has 0 saturated heterocycles. The normalized spacial score (nSPS) is 21.3. The van der Waals surface area contributed by atoms with Crippen molar-refractivity contribution in [3.05, 3.63) is 0 Å². The van der Waals surface area contributed by atoms with Crippen molar-refractivity contribution in [1.82, 2.24) is 5.48 Å². The smallest absolute Gasteiger partial charge is 0.160 e. The summed E-state index contributed by atoms with van der Waals surface area (Å²) in [7, 11) is 0. The summed E-state index contributed by atoms with van der Waals surface area (Å²) in [5.74, 6) is 2.80. The first-order valence-corrected chi connectivity index (χ1v) is 5.37. The lowest BCUT2D eigenvalue weighted by Crippen LogP contribution is -2.16. The molecule has 0 radical (unpaired) electrons. The molecule has 1 rings (SSSR count). The maximum absolute atomic E-state index is 4.44. The van der Waals surface area contributed by atoms with Crippen molar-refractivity contribution in [2.24, 2.45) is 0 Å². The van der Waals surface area contributed by atoms with Crippen LogP contribution in [-0.4, -0.2) is 6.54 Å². The maximum Gasteiger partial charge on any atom is 0.160 e. The SMILES string of the molecule is C1#COOOONCCCCCCCC1. The summed E-state index contributed by atoms with van der Waals surface area (Å²) in [5.41, 5.74) is 2.58. The highest BCUT2D eigenvalue weighted by molar-refractivity contribution is 4.89. The summed E-state index contributed by atoms with van der Waals surface area (Å²) in [6, 6.07) is 0. The Morgan fingerprint density at radius 2 is 1.67 bits per heavy atom. The Morgan fingerprint density at radius 3 is 2.60 bits per heavy atom. The van der Waals surface area contributed by atoms with E-state index in [2.05, 4.69) is 37.5 Å². The van der Waals surface area contributed by atoms with Gasteiger partial charge in [0.15, 0.2) is 6.11 Å². The molecule has 0 bridgehead atoms. The summed E-state index contributed by atoms with van der Waals surface area (Å²) in [4.78, 5) is 8.81. The molecule has 0 unspecified atom stereocenters. The van der Waals surface area contributed by atoms with Crippen molar-refractivity contribution in [2.75, 3.05) is 6.54 Å². The molecule has 1 N–H and O–H groups in total. The third kappa shape index (κ3) is 8.21. The van der Waals surface area contributed by atoms with Crippen molar-refractivity contribution >= 4 is 0 Å². The van der Waals surface area contributed by atoms with Gasteiger partial charge in [-0.25, -0.2) is 0 Å². The minimum absolute atomic E-state index is 0.731. The molecule has 0 aromatic rings. The van der Waals surface area contributed by atoms with E-state index in [9.17, 15) is 0 Å². The summed E-state index contributed by atoms with van der Waals surface area (Å²) < 4.78 is 0. The number of nitrogens with one attached hydrogen (secondary N) is 1. The van der Waals surface area contributed by atoms with E-state index in [1.165, 1.54) is 25.7 Å². The first-order valence-electron chi connectivity index (χ1n) is 5.37. The van der Waals surface area contributed by atoms with Crippen molar-refractivity contribution in [1.29, 1.82) is 0 Å². The number of hydrogen-bond donors (Lipinski definition) is 1. The van der Waals surface area contributed by atoms with Gasteiger partial charge in [0, 0.05) is 18.0 Å². The van der Waals surface area contributed by atoms with E-state index in [-0.39, 0.29) is 0 Å². The Labute approximate surface area is 89.8 Å². The van der Waals surface area contributed by atoms with Crippen molar-refractivity contribution in [3.63, 3.8) is 0 Å². The molecule has 0 saturated carbocycles. The van der Waals surface area contributed by atoms with Crippen LogP contribution in [0, 0.1) is 12.0 Å². The standard InChI is InChI=1S/C10H17NO4/c1-2-4-6-8-10-12-14-15-13-11-9-7-5-3-1/h11H,1-7,9H2. The van der Waals surface area contributed by atoms with Gasteiger partial charge in [0.2, 0.25) is 0 Å². The van der Waals surface area contributed by atoms with Gasteiger partial charge < -0.3 is 0 Å². The molecule has 0 spiro atoms. The predicted molar refractivity (Wildman–Crippen MR) is 52.4 cm³/mol. The van der Waals surface area contributed by atoms with E-state index in [0.717, 1.165) is 25.8 Å². The highest BCUT2D eigenvalue weighted by atomic mass is 17.7. The van der Waals surface area contributed by atoms with Crippen LogP contribution >= 0.6 is 0 Å². The summed E-state index contributed by atoms with van der Waals surface area (Å²) in [5, 5.41) is 8.33. The van der Waals surface area contributed by atoms with Gasteiger partial charge in [0.1, 0.15) is 0 Å². The van der Waals surface area contributed by atoms with Crippen LogP contribution in [0.5, 0.6) is 0 Å². The lowest BCUT2D eigenvalue weighted by molar-refractivity contribution is -0.631. The van der Waals surface area contributed by atoms with Crippen LogP contribution in [0.15, 0.2) is 0 Å². The fourth-order valence-corrected chi connectivity index (χ4v) is 1.31. The van der Waals surface area contributed by atoms with E-state index in [0.29, 0.717) is 0 Å².